The van der Waals surface area contributed by atoms with E-state index >= 15 is 0 Å². The monoisotopic (exact) mass is 433 g/mol. The molecule has 1 heterocycles. The molecule has 1 aromatic rings. The van der Waals surface area contributed by atoms with Gasteiger partial charge in [0.15, 0.2) is 6.20 Å². The topological polar surface area (TPSA) is 111 Å². The van der Waals surface area contributed by atoms with Crippen molar-refractivity contribution in [3.8, 4) is 5.88 Å². The van der Waals surface area contributed by atoms with Crippen molar-refractivity contribution in [1.82, 2.24) is 19.7 Å². The largest absolute Gasteiger partial charge is 0.437 e. The lowest BCUT2D eigenvalue weighted by atomic mass is 10.8. The predicted molar refractivity (Wildman–Crippen MR) is 81.7 cm³/mol. The van der Waals surface area contributed by atoms with E-state index in [0.29, 0.717) is 23.7 Å². The molecule has 0 aromatic carbocycles. The first-order valence-electron chi connectivity index (χ1n) is 5.51. The molecule has 0 radical (unpaired) electrons. The zero-order chi connectivity index (χ0) is 15.2. The molecule has 0 saturated carbocycles. The van der Waals surface area contributed by atoms with E-state index in [1.807, 2.05) is 0 Å². The van der Waals surface area contributed by atoms with Gasteiger partial charge in [0.1, 0.15) is 0 Å². The van der Waals surface area contributed by atoms with Crippen molar-refractivity contribution in [2.75, 3.05) is 23.7 Å². The fraction of sp³-hybridized carbons (Fsp3) is 0.625. The Morgan fingerprint density at radius 3 is 2.40 bits per heavy atom. The van der Waals surface area contributed by atoms with Gasteiger partial charge in [0, 0.05) is 23.7 Å². The number of alkyl halides is 2. The van der Waals surface area contributed by atoms with Crippen LogP contribution < -0.4 is 14.7 Å². The Balaban J connectivity index is 2.89. The minimum absolute atomic E-state index is 0.0455. The Hall–Kier alpha value is -0.480. The summed E-state index contributed by atoms with van der Waals surface area (Å²) in [5.41, 5.74) is 0. The smallest absolute Gasteiger partial charge is 0.390 e. The molecule has 0 aliphatic heterocycles. The molecule has 0 saturated heterocycles. The molecular weight excluding hydrogens is 421 g/mol. The Bertz CT molecular complexity index is 499. The van der Waals surface area contributed by atoms with Crippen molar-refractivity contribution in [1.29, 1.82) is 0 Å². The second-order valence-electron chi connectivity index (χ2n) is 3.55. The molecule has 9 nitrogen and oxygen atoms in total. The molecule has 0 aliphatic carbocycles. The fourth-order valence-electron chi connectivity index (χ4n) is 1.27. The maximum absolute atomic E-state index is 12.5. The van der Waals surface area contributed by atoms with Crippen LogP contribution >= 0.6 is 39.5 Å². The summed E-state index contributed by atoms with van der Waals surface area (Å²) in [7, 11) is -1.95. The van der Waals surface area contributed by atoms with E-state index in [1.54, 1.807) is 0 Å². The minimum atomic E-state index is -3.36. The summed E-state index contributed by atoms with van der Waals surface area (Å²) in [5, 5.41) is 17.3. The molecule has 0 bridgehead atoms. The Morgan fingerprint density at radius 2 is 2.00 bits per heavy atom. The van der Waals surface area contributed by atoms with Gasteiger partial charge in [-0.1, -0.05) is 36.8 Å². The van der Waals surface area contributed by atoms with Gasteiger partial charge in [-0.3, -0.25) is 0 Å². The number of nitrogens with one attached hydrogen (secondary N) is 2. The van der Waals surface area contributed by atoms with Crippen molar-refractivity contribution >= 4 is 45.5 Å². The summed E-state index contributed by atoms with van der Waals surface area (Å²) in [6, 6.07) is 0. The number of hydrogen-bond donors (Lipinski definition) is 2. The van der Waals surface area contributed by atoms with Crippen molar-refractivity contribution in [2.45, 2.75) is 0 Å². The van der Waals surface area contributed by atoms with Crippen molar-refractivity contribution < 1.29 is 14.0 Å². The SMILES string of the molecule is Cn1c(OP(=O)(NCCBr)NCCBr)cnc1[N+](=O)[O-]. The Labute approximate surface area is 132 Å². The van der Waals surface area contributed by atoms with E-state index in [-0.39, 0.29) is 11.8 Å². The summed E-state index contributed by atoms with van der Waals surface area (Å²) < 4.78 is 19.0. The molecule has 0 fully saturated rings. The van der Waals surface area contributed by atoms with E-state index in [2.05, 4.69) is 47.0 Å². The van der Waals surface area contributed by atoms with E-state index in [0.717, 1.165) is 10.8 Å². The van der Waals surface area contributed by atoms with Crippen LogP contribution in [0.5, 0.6) is 5.88 Å². The lowest BCUT2D eigenvalue weighted by Crippen LogP contribution is -2.28. The Kier molecular flexibility index (Phi) is 7.10. The molecule has 0 unspecified atom stereocenters. The van der Waals surface area contributed by atoms with Crippen LogP contribution in [0.4, 0.5) is 5.95 Å². The third-order valence-electron chi connectivity index (χ3n) is 2.14. The van der Waals surface area contributed by atoms with Crippen LogP contribution in [0, 0.1) is 10.1 Å². The lowest BCUT2D eigenvalue weighted by molar-refractivity contribution is -0.396. The van der Waals surface area contributed by atoms with Crippen LogP contribution in [0.1, 0.15) is 0 Å². The standard InChI is InChI=1S/C8H14Br2N5O4P/c1-14-7(6-11-8(14)15(16)17)19-20(18,12-4-2-9)13-5-3-10/h6H,2-5H2,1H3,(H2,12,13,18). The first-order valence-corrected chi connectivity index (χ1v) is 9.38. The average molecular weight is 435 g/mol. The van der Waals surface area contributed by atoms with Crippen LogP contribution in [0.15, 0.2) is 6.20 Å². The van der Waals surface area contributed by atoms with Gasteiger partial charge in [-0.2, -0.15) is 4.57 Å². The normalized spacial score (nSPS) is 11.6. The number of nitrogens with zero attached hydrogens (tertiary/aromatic N) is 3. The molecule has 2 N–H and O–H groups in total. The Morgan fingerprint density at radius 1 is 1.45 bits per heavy atom. The number of rotatable bonds is 9. The van der Waals surface area contributed by atoms with Gasteiger partial charge in [-0.05, 0) is 4.92 Å². The van der Waals surface area contributed by atoms with Crippen LogP contribution in [-0.4, -0.2) is 38.2 Å². The molecule has 0 atom stereocenters. The number of imidazole rings is 1. The minimum Gasteiger partial charge on any atom is -0.390 e. The van der Waals surface area contributed by atoms with Gasteiger partial charge in [0.25, 0.3) is 5.88 Å². The third kappa shape index (κ3) is 4.81. The van der Waals surface area contributed by atoms with Crippen molar-refractivity contribution in [2.24, 2.45) is 7.05 Å². The number of nitro groups is 1. The highest BCUT2D eigenvalue weighted by Crippen LogP contribution is 2.39. The van der Waals surface area contributed by atoms with Crippen molar-refractivity contribution in [3.05, 3.63) is 16.3 Å². The van der Waals surface area contributed by atoms with Crippen LogP contribution in [0.25, 0.3) is 0 Å². The first kappa shape index (κ1) is 17.6. The molecule has 20 heavy (non-hydrogen) atoms. The maximum Gasteiger partial charge on any atom is 0.437 e. The average Bonchev–Trinajstić information content (AvgIpc) is 2.76. The fourth-order valence-corrected chi connectivity index (χ4v) is 3.77. The van der Waals surface area contributed by atoms with Gasteiger partial charge in [-0.25, -0.2) is 14.7 Å². The molecule has 1 aromatic heterocycles. The molecule has 114 valence electrons. The van der Waals surface area contributed by atoms with Gasteiger partial charge in [-0.15, -0.1) is 0 Å². The predicted octanol–water partition coefficient (Wildman–Crippen LogP) is 1.78. The van der Waals surface area contributed by atoms with Crippen LogP contribution in [0.3, 0.4) is 0 Å². The second-order valence-corrected chi connectivity index (χ2v) is 7.05. The molecule has 12 heteroatoms. The highest BCUT2D eigenvalue weighted by atomic mass is 79.9. The van der Waals surface area contributed by atoms with E-state index in [1.165, 1.54) is 7.05 Å². The van der Waals surface area contributed by atoms with E-state index in [4.69, 9.17) is 4.52 Å². The number of halogens is 2. The zero-order valence-electron chi connectivity index (χ0n) is 10.6. The summed E-state index contributed by atoms with van der Waals surface area (Å²) in [6.07, 6.45) is 1.16. The van der Waals surface area contributed by atoms with E-state index < -0.39 is 12.6 Å². The summed E-state index contributed by atoms with van der Waals surface area (Å²) in [5.74, 6) is -0.336. The maximum atomic E-state index is 12.5. The summed E-state index contributed by atoms with van der Waals surface area (Å²) in [4.78, 5) is 13.7. The second kappa shape index (κ2) is 8.08. The van der Waals surface area contributed by atoms with E-state index in [9.17, 15) is 14.7 Å². The van der Waals surface area contributed by atoms with Gasteiger partial charge in [0.05, 0.1) is 7.05 Å². The third-order valence-corrected chi connectivity index (χ3v) is 4.65. The van der Waals surface area contributed by atoms with Gasteiger partial charge in [0.2, 0.25) is 0 Å². The van der Waals surface area contributed by atoms with Gasteiger partial charge >= 0.3 is 13.6 Å². The molecule has 0 aliphatic rings. The zero-order valence-corrected chi connectivity index (χ0v) is 14.6. The van der Waals surface area contributed by atoms with Crippen LogP contribution in [0.2, 0.25) is 0 Å². The van der Waals surface area contributed by atoms with Crippen LogP contribution in [-0.2, 0) is 11.6 Å². The molecule has 1 rings (SSSR count). The summed E-state index contributed by atoms with van der Waals surface area (Å²) in [6.45, 7) is 0.818. The molecule has 0 amide bonds. The molecule has 0 spiro atoms. The summed E-state index contributed by atoms with van der Waals surface area (Å²) >= 11 is 6.42. The highest BCUT2D eigenvalue weighted by Gasteiger charge is 2.28. The molecular formula is C8H14Br2N5O4P. The quantitative estimate of drug-likeness (QED) is 0.263. The number of aromatic nitrogens is 2. The highest BCUT2D eigenvalue weighted by molar-refractivity contribution is 9.09. The number of hydrogen-bond acceptors (Lipinski definition) is 5. The van der Waals surface area contributed by atoms with Gasteiger partial charge < -0.3 is 14.6 Å². The van der Waals surface area contributed by atoms with Crippen molar-refractivity contribution in [3.63, 3.8) is 0 Å². The first-order chi connectivity index (χ1) is 9.43. The lowest BCUT2D eigenvalue weighted by Gasteiger charge is -2.19.